The summed E-state index contributed by atoms with van der Waals surface area (Å²) in [5.41, 5.74) is 11.5. The van der Waals surface area contributed by atoms with Gasteiger partial charge in [-0.15, -0.1) is 0 Å². The molecule has 3 fully saturated rings. The predicted octanol–water partition coefficient (Wildman–Crippen LogP) is 1.34. The van der Waals surface area contributed by atoms with Gasteiger partial charge in [-0.25, -0.2) is 29.1 Å². The van der Waals surface area contributed by atoms with E-state index in [1.807, 2.05) is 33.9 Å². The van der Waals surface area contributed by atoms with Gasteiger partial charge in [0, 0.05) is 7.11 Å². The largest absolute Gasteiger partial charge is 0.472 e. The third-order valence-electron chi connectivity index (χ3n) is 9.78. The molecule has 10 unspecified atom stereocenters. The number of hydrogen-bond donors (Lipinski definition) is 5. The van der Waals surface area contributed by atoms with E-state index in [0.717, 1.165) is 0 Å². The Balaban J connectivity index is 1.28. The molecule has 7 rings (SSSR count). The van der Waals surface area contributed by atoms with Crippen LogP contribution in [0, 0.1) is 0 Å². The van der Waals surface area contributed by atoms with Gasteiger partial charge in [0.1, 0.15) is 48.5 Å². The lowest BCUT2D eigenvalue weighted by Crippen LogP contribution is -2.50. The highest BCUT2D eigenvalue weighted by Crippen LogP contribution is 2.55. The first kappa shape index (κ1) is 38.1. The predicted molar refractivity (Wildman–Crippen MR) is 184 cm³/mol. The third kappa shape index (κ3) is 7.08. The molecule has 0 aliphatic carbocycles. The summed E-state index contributed by atoms with van der Waals surface area (Å²) in [6.07, 6.45) is -6.51. The van der Waals surface area contributed by atoms with E-state index in [1.54, 1.807) is 0 Å². The number of fused-ring (bicyclic) bond motifs is 5. The van der Waals surface area contributed by atoms with Crippen molar-refractivity contribution in [2.45, 2.75) is 88.0 Å². The molecule has 290 valence electrons. The zero-order valence-corrected chi connectivity index (χ0v) is 32.1. The number of anilines is 2. The Morgan fingerprint density at radius 2 is 1.49 bits per heavy atom. The number of H-pyrrole nitrogens is 1. The Bertz CT molecular complexity index is 2180. The first-order chi connectivity index (χ1) is 24.8. The quantitative estimate of drug-likeness (QED) is 0.140. The van der Waals surface area contributed by atoms with Gasteiger partial charge >= 0.3 is 15.6 Å². The summed E-state index contributed by atoms with van der Waals surface area (Å²) in [6, 6.07) is 0. The van der Waals surface area contributed by atoms with Gasteiger partial charge in [0.15, 0.2) is 43.4 Å². The summed E-state index contributed by atoms with van der Waals surface area (Å²) in [7, 11) is -11.6. The molecule has 0 radical (unpaired) electrons. The summed E-state index contributed by atoms with van der Waals surface area (Å²) >= 11 is 0. The molecule has 7 N–H and O–H groups in total. The maximum atomic E-state index is 13.9. The van der Waals surface area contributed by atoms with Gasteiger partial charge in [0.2, 0.25) is 5.95 Å². The first-order valence-electron chi connectivity index (χ1n) is 16.3. The molecule has 2 bridgehead atoms. The van der Waals surface area contributed by atoms with Gasteiger partial charge in [0.05, 0.1) is 25.9 Å². The van der Waals surface area contributed by atoms with Gasteiger partial charge in [-0.1, -0.05) is 20.8 Å². The van der Waals surface area contributed by atoms with Crippen molar-refractivity contribution in [2.24, 2.45) is 0 Å². The topological polar surface area (TPSA) is 308 Å². The number of nitrogens with zero attached hydrogens (tertiary/aromatic N) is 7. The maximum absolute atomic E-state index is 13.9. The number of imidazole rings is 2. The fourth-order valence-corrected chi connectivity index (χ4v) is 9.38. The molecule has 0 spiro atoms. The van der Waals surface area contributed by atoms with Crippen LogP contribution < -0.4 is 17.0 Å². The van der Waals surface area contributed by atoms with Crippen LogP contribution in [0.25, 0.3) is 22.3 Å². The van der Waals surface area contributed by atoms with Gasteiger partial charge in [0.25, 0.3) is 5.56 Å². The van der Waals surface area contributed by atoms with Crippen LogP contribution in [0.2, 0.25) is 18.1 Å². The van der Waals surface area contributed by atoms with Crippen molar-refractivity contribution >= 4 is 58.1 Å². The minimum absolute atomic E-state index is 0.0404. The highest BCUT2D eigenvalue weighted by Gasteiger charge is 2.56. The molecule has 10 atom stereocenters. The van der Waals surface area contributed by atoms with E-state index in [0.29, 0.717) is 0 Å². The molecular formula is C27H40N10O13P2Si. The van der Waals surface area contributed by atoms with Crippen LogP contribution in [0.15, 0.2) is 23.8 Å². The lowest BCUT2D eigenvalue weighted by atomic mass is 10.1. The fourth-order valence-electron chi connectivity index (χ4n) is 6.17. The van der Waals surface area contributed by atoms with E-state index >= 15 is 0 Å². The van der Waals surface area contributed by atoms with Gasteiger partial charge in [-0.2, -0.15) is 4.98 Å². The number of ether oxygens (including phenoxy) is 3. The number of phosphoric ester groups is 2. The van der Waals surface area contributed by atoms with Crippen molar-refractivity contribution in [3.8, 4) is 0 Å². The number of rotatable bonds is 5. The van der Waals surface area contributed by atoms with Crippen molar-refractivity contribution in [1.29, 1.82) is 0 Å². The third-order valence-corrected chi connectivity index (χ3v) is 16.2. The van der Waals surface area contributed by atoms with Gasteiger partial charge < -0.3 is 39.9 Å². The minimum atomic E-state index is -5.09. The second-order valence-corrected chi connectivity index (χ2v) is 21.8. The van der Waals surface area contributed by atoms with Crippen molar-refractivity contribution < 1.29 is 55.6 Å². The van der Waals surface area contributed by atoms with Crippen molar-refractivity contribution in [3.05, 3.63) is 29.3 Å². The van der Waals surface area contributed by atoms with Crippen LogP contribution in [0.5, 0.6) is 0 Å². The molecule has 3 saturated heterocycles. The Labute approximate surface area is 301 Å². The highest BCUT2D eigenvalue weighted by molar-refractivity contribution is 7.47. The van der Waals surface area contributed by atoms with E-state index in [9.17, 15) is 23.7 Å². The van der Waals surface area contributed by atoms with E-state index < -0.39 is 91.8 Å². The maximum Gasteiger partial charge on any atom is 0.472 e. The number of aromatic nitrogens is 8. The van der Waals surface area contributed by atoms with Crippen LogP contribution in [0.3, 0.4) is 0 Å². The van der Waals surface area contributed by atoms with Crippen molar-refractivity contribution in [1.82, 2.24) is 39.0 Å². The van der Waals surface area contributed by atoms with Crippen LogP contribution in [-0.2, 0) is 45.9 Å². The number of phosphoric acid groups is 2. The van der Waals surface area contributed by atoms with E-state index in [-0.39, 0.29) is 39.1 Å². The number of hydrogen-bond acceptors (Lipinski definition) is 18. The smallest absolute Gasteiger partial charge is 0.408 e. The number of aromatic amines is 1. The second-order valence-electron chi connectivity index (χ2n) is 14.2. The van der Waals surface area contributed by atoms with Gasteiger partial charge in [-0.3, -0.25) is 37.0 Å². The van der Waals surface area contributed by atoms with Crippen LogP contribution in [0.1, 0.15) is 33.2 Å². The molecular weight excluding hydrogens is 762 g/mol. The van der Waals surface area contributed by atoms with Crippen LogP contribution in [0.4, 0.5) is 11.8 Å². The molecule has 26 heteroatoms. The van der Waals surface area contributed by atoms with Crippen LogP contribution in [-0.4, -0.2) is 114 Å². The molecule has 23 nitrogen and oxygen atoms in total. The number of nitrogens with two attached hydrogens (primary N) is 2. The summed E-state index contributed by atoms with van der Waals surface area (Å²) in [5.74, 6) is -0.140. The molecule has 4 aromatic heterocycles. The van der Waals surface area contributed by atoms with Crippen LogP contribution >= 0.6 is 15.6 Å². The molecule has 4 aromatic rings. The molecule has 0 aromatic carbocycles. The molecule has 0 amide bonds. The summed E-state index contributed by atoms with van der Waals surface area (Å²) in [6.45, 7) is 8.43. The SMILES string of the molecule is COC1C2OP(=O)(O)OCC3OC(n4cnc5c(=O)[nH]c(N)nc54)C(OP(=O)(O)OCC2OC1n1cnc2c(N)ncnc21)C3O[Si](C)(C)C(C)(C)C. The Morgan fingerprint density at radius 3 is 2.15 bits per heavy atom. The van der Waals surface area contributed by atoms with E-state index in [2.05, 4.69) is 29.9 Å². The molecule has 3 aliphatic heterocycles. The summed E-state index contributed by atoms with van der Waals surface area (Å²) < 4.78 is 77.9. The van der Waals surface area contributed by atoms with Crippen molar-refractivity contribution in [3.63, 3.8) is 0 Å². The fraction of sp³-hybridized carbons (Fsp3) is 0.630. The normalized spacial score (nSPS) is 34.5. The summed E-state index contributed by atoms with van der Waals surface area (Å²) in [5, 5.41) is -0.386. The molecule has 53 heavy (non-hydrogen) atoms. The lowest BCUT2D eigenvalue weighted by Gasteiger charge is -2.40. The zero-order chi connectivity index (χ0) is 38.2. The zero-order valence-electron chi connectivity index (χ0n) is 29.3. The Hall–Kier alpha value is -3.22. The first-order valence-corrected chi connectivity index (χ1v) is 22.2. The monoisotopic (exact) mass is 802 g/mol. The Kier molecular flexibility index (Phi) is 9.70. The molecule has 3 aliphatic rings. The van der Waals surface area contributed by atoms with E-state index in [4.69, 9.17) is 48.2 Å². The average Bonchev–Trinajstić information content (AvgIpc) is 3.82. The number of nitrogen functional groups attached to an aromatic ring is 2. The standard InChI is InChI=1S/C27H40N10O13P2Si/c1-27(2,3)53(5,6)50-17-13-8-45-51(39,40)48-16-12(46-24(18(16)43-4)36-10-32-14-20(28)30-9-31-21(14)36)7-44-52(41,42)49-19(17)25(47-13)37-11-33-15-22(37)34-26(29)35-23(15)38/h9-13,16-19,24-25H,7-8H2,1-6H3,(H,39,40)(H,41,42)(H2,28,30,31)(H3,29,34,35,38). The van der Waals surface area contributed by atoms with Crippen molar-refractivity contribution in [2.75, 3.05) is 31.8 Å². The lowest BCUT2D eigenvalue weighted by molar-refractivity contribution is -0.0675. The minimum Gasteiger partial charge on any atom is -0.408 e. The van der Waals surface area contributed by atoms with Gasteiger partial charge in [-0.05, 0) is 18.1 Å². The number of nitrogens with one attached hydrogen (secondary N) is 1. The number of methoxy groups -OCH3 is 1. The Morgan fingerprint density at radius 1 is 0.887 bits per heavy atom. The second kappa shape index (κ2) is 13.5. The average molecular weight is 803 g/mol. The molecule has 0 saturated carbocycles. The highest BCUT2D eigenvalue weighted by atomic mass is 31.2. The van der Waals surface area contributed by atoms with E-state index in [1.165, 1.54) is 35.2 Å². The molecule has 7 heterocycles. The summed E-state index contributed by atoms with van der Waals surface area (Å²) in [4.78, 5) is 58.2.